The molecule has 0 saturated carbocycles. The first-order valence-electron chi connectivity index (χ1n) is 11.2. The van der Waals surface area contributed by atoms with Gasteiger partial charge in [0.15, 0.2) is 5.67 Å². The molecular formula is C27H26F3N3O2. The Balaban J connectivity index is 1.67. The molecule has 0 aliphatic heterocycles. The zero-order valence-corrected chi connectivity index (χ0v) is 19.9. The molecule has 5 nitrogen and oxygen atoms in total. The van der Waals surface area contributed by atoms with Crippen molar-refractivity contribution in [3.05, 3.63) is 89.6 Å². The van der Waals surface area contributed by atoms with Crippen molar-refractivity contribution in [2.75, 3.05) is 0 Å². The molecule has 0 fully saturated rings. The largest absolute Gasteiger partial charge is 0.484 e. The number of rotatable bonds is 7. The first kappa shape index (κ1) is 24.3. The van der Waals surface area contributed by atoms with Gasteiger partial charge in [0.1, 0.15) is 23.5 Å². The molecule has 0 unspecified atom stereocenters. The van der Waals surface area contributed by atoms with Gasteiger partial charge in [0, 0.05) is 5.39 Å². The van der Waals surface area contributed by atoms with E-state index in [2.05, 4.69) is 10.4 Å². The lowest BCUT2D eigenvalue weighted by Crippen LogP contribution is -2.46. The highest BCUT2D eigenvalue weighted by molar-refractivity contribution is 5.84. The molecule has 0 radical (unpaired) electrons. The van der Waals surface area contributed by atoms with Crippen LogP contribution in [0.4, 0.5) is 13.2 Å². The van der Waals surface area contributed by atoms with E-state index in [1.165, 1.54) is 38.1 Å². The van der Waals surface area contributed by atoms with Gasteiger partial charge in [-0.3, -0.25) is 4.79 Å². The Morgan fingerprint density at radius 2 is 1.71 bits per heavy atom. The van der Waals surface area contributed by atoms with Gasteiger partial charge < -0.3 is 10.1 Å². The number of nitrogens with zero attached hydrogens (tertiary/aromatic N) is 2. The molecule has 0 bridgehead atoms. The van der Waals surface area contributed by atoms with Crippen LogP contribution in [0.1, 0.15) is 38.0 Å². The molecule has 3 aromatic carbocycles. The van der Waals surface area contributed by atoms with Crippen molar-refractivity contribution in [2.45, 2.75) is 45.5 Å². The number of fused-ring (bicyclic) bond motifs is 1. The maximum Gasteiger partial charge on any atom is 0.257 e. The fourth-order valence-corrected chi connectivity index (χ4v) is 3.87. The average Bonchev–Trinajstić information content (AvgIpc) is 3.21. The number of ether oxygens (including phenoxy) is 1. The molecule has 0 saturated heterocycles. The Bertz CT molecular complexity index is 1360. The maximum absolute atomic E-state index is 14.2. The van der Waals surface area contributed by atoms with Gasteiger partial charge in [-0.25, -0.2) is 17.9 Å². The lowest BCUT2D eigenvalue weighted by Gasteiger charge is -2.29. The number of amides is 1. The third-order valence-corrected chi connectivity index (χ3v) is 5.76. The smallest absolute Gasteiger partial charge is 0.257 e. The molecule has 4 rings (SSSR count). The number of aromatic nitrogens is 2. The summed E-state index contributed by atoms with van der Waals surface area (Å²) in [6.07, 6.45) is 0.951. The van der Waals surface area contributed by atoms with Crippen LogP contribution in [-0.2, 0) is 4.79 Å². The summed E-state index contributed by atoms with van der Waals surface area (Å²) < 4.78 is 49.2. The van der Waals surface area contributed by atoms with E-state index < -0.39 is 23.7 Å². The molecule has 1 N–H and O–H groups in total. The molecule has 35 heavy (non-hydrogen) atoms. The van der Waals surface area contributed by atoms with Crippen molar-refractivity contribution >= 4 is 16.8 Å². The molecular weight excluding hydrogens is 455 g/mol. The fraction of sp³-hybridized carbons (Fsp3) is 0.259. The molecule has 2 atom stereocenters. The number of hydrogen-bond donors (Lipinski definition) is 1. The van der Waals surface area contributed by atoms with E-state index in [4.69, 9.17) is 4.74 Å². The number of hydrogen-bond acceptors (Lipinski definition) is 3. The summed E-state index contributed by atoms with van der Waals surface area (Å²) >= 11 is 0. The van der Waals surface area contributed by atoms with Crippen LogP contribution >= 0.6 is 0 Å². The van der Waals surface area contributed by atoms with Crippen LogP contribution in [0, 0.1) is 18.6 Å². The van der Waals surface area contributed by atoms with E-state index in [1.54, 1.807) is 55.1 Å². The number of aryl methyl sites for hydroxylation is 1. The van der Waals surface area contributed by atoms with Crippen molar-refractivity contribution < 1.29 is 22.7 Å². The number of carbonyl (C=O) groups is 1. The zero-order chi connectivity index (χ0) is 25.3. The number of halogens is 3. The van der Waals surface area contributed by atoms with Gasteiger partial charge in [-0.1, -0.05) is 6.07 Å². The van der Waals surface area contributed by atoms with Crippen LogP contribution < -0.4 is 10.1 Å². The summed E-state index contributed by atoms with van der Waals surface area (Å²) in [7, 11) is 0. The summed E-state index contributed by atoms with van der Waals surface area (Å²) in [6, 6.07) is 15.1. The minimum absolute atomic E-state index is 0.333. The Hall–Kier alpha value is -3.81. The summed E-state index contributed by atoms with van der Waals surface area (Å²) in [5.74, 6) is -0.999. The first-order valence-corrected chi connectivity index (χ1v) is 11.2. The molecule has 1 heterocycles. The molecule has 4 aromatic rings. The highest BCUT2D eigenvalue weighted by Crippen LogP contribution is 2.31. The third-order valence-electron chi connectivity index (χ3n) is 5.76. The Labute approximate surface area is 201 Å². The number of alkyl halides is 1. The number of nitrogens with one attached hydrogen (secondary N) is 1. The fourth-order valence-electron chi connectivity index (χ4n) is 3.87. The van der Waals surface area contributed by atoms with Crippen molar-refractivity contribution in [1.82, 2.24) is 15.1 Å². The van der Waals surface area contributed by atoms with Crippen molar-refractivity contribution in [1.29, 1.82) is 0 Å². The normalized spacial score (nSPS) is 13.5. The quantitative estimate of drug-likeness (QED) is 0.353. The van der Waals surface area contributed by atoms with Crippen LogP contribution in [-0.4, -0.2) is 27.4 Å². The van der Waals surface area contributed by atoms with Crippen LogP contribution in [0.25, 0.3) is 16.6 Å². The number of carbonyl (C=O) groups excluding carboxylic acids is 1. The van der Waals surface area contributed by atoms with E-state index in [-0.39, 0.29) is 11.6 Å². The highest BCUT2D eigenvalue weighted by atomic mass is 19.1. The maximum atomic E-state index is 14.2. The summed E-state index contributed by atoms with van der Waals surface area (Å²) in [6.45, 7) is 5.82. The van der Waals surface area contributed by atoms with Gasteiger partial charge in [0.2, 0.25) is 0 Å². The van der Waals surface area contributed by atoms with E-state index in [1.807, 2.05) is 6.07 Å². The average molecular weight is 482 g/mol. The van der Waals surface area contributed by atoms with Crippen LogP contribution in [0.15, 0.2) is 66.9 Å². The molecule has 1 aromatic heterocycles. The first-order chi connectivity index (χ1) is 16.5. The van der Waals surface area contributed by atoms with Gasteiger partial charge in [0.25, 0.3) is 5.91 Å². The van der Waals surface area contributed by atoms with Crippen LogP contribution in [0.5, 0.6) is 5.75 Å². The van der Waals surface area contributed by atoms with Gasteiger partial charge >= 0.3 is 0 Å². The van der Waals surface area contributed by atoms with E-state index in [9.17, 15) is 18.0 Å². The lowest BCUT2D eigenvalue weighted by molar-refractivity contribution is -0.132. The number of benzene rings is 3. The topological polar surface area (TPSA) is 56.1 Å². The van der Waals surface area contributed by atoms with Crippen molar-refractivity contribution in [3.8, 4) is 11.4 Å². The van der Waals surface area contributed by atoms with Crippen LogP contribution in [0.3, 0.4) is 0 Å². The Morgan fingerprint density at radius 1 is 1.03 bits per heavy atom. The minimum atomic E-state index is -2.06. The van der Waals surface area contributed by atoms with E-state index >= 15 is 0 Å². The predicted molar refractivity (Wildman–Crippen MR) is 128 cm³/mol. The second-order valence-corrected chi connectivity index (χ2v) is 9.03. The molecule has 8 heteroatoms. The second kappa shape index (κ2) is 9.44. The Morgan fingerprint density at radius 3 is 2.37 bits per heavy atom. The summed E-state index contributed by atoms with van der Waals surface area (Å²) in [5, 5.41) is 7.85. The van der Waals surface area contributed by atoms with Crippen molar-refractivity contribution in [3.63, 3.8) is 0 Å². The van der Waals surface area contributed by atoms with E-state index in [0.29, 0.717) is 22.6 Å². The molecule has 0 aliphatic rings. The SMILES string of the molecule is Cc1cc(F)ccc1[C@H](Oc1ccc2c(cnn2-c2ccc(F)cc2)c1)[C@H](C)NC(=O)C(C)(C)F. The predicted octanol–water partition coefficient (Wildman–Crippen LogP) is 5.99. The summed E-state index contributed by atoms with van der Waals surface area (Å²) in [5.41, 5.74) is 0.739. The minimum Gasteiger partial charge on any atom is -0.484 e. The Kier molecular flexibility index (Phi) is 6.56. The molecule has 1 amide bonds. The van der Waals surface area contributed by atoms with Gasteiger partial charge in [-0.05, 0) is 93.4 Å². The third kappa shape index (κ3) is 5.31. The van der Waals surface area contributed by atoms with Gasteiger partial charge in [-0.2, -0.15) is 5.10 Å². The monoisotopic (exact) mass is 481 g/mol. The van der Waals surface area contributed by atoms with Crippen molar-refractivity contribution in [2.24, 2.45) is 0 Å². The standard InChI is InChI=1S/C27H26F3N3O2/c1-16-13-20(29)7-11-23(16)25(17(2)32-26(34)27(3,4)30)35-22-10-12-24-18(14-22)15-31-33(24)21-8-5-19(28)6-9-21/h5-15,17,25H,1-4H3,(H,32,34)/t17-,25+/m0/s1. The lowest BCUT2D eigenvalue weighted by atomic mass is 9.97. The second-order valence-electron chi connectivity index (χ2n) is 9.03. The van der Waals surface area contributed by atoms with E-state index in [0.717, 1.165) is 10.9 Å². The summed E-state index contributed by atoms with van der Waals surface area (Å²) in [4.78, 5) is 12.3. The molecule has 0 aliphatic carbocycles. The highest BCUT2D eigenvalue weighted by Gasteiger charge is 2.32. The van der Waals surface area contributed by atoms with Gasteiger partial charge in [0.05, 0.1) is 23.4 Å². The molecule has 182 valence electrons. The van der Waals surface area contributed by atoms with Crippen LogP contribution in [0.2, 0.25) is 0 Å². The zero-order valence-electron chi connectivity index (χ0n) is 19.9. The van der Waals surface area contributed by atoms with Gasteiger partial charge in [-0.15, -0.1) is 0 Å². The molecule has 0 spiro atoms.